The molecule has 0 unspecified atom stereocenters. The minimum Gasteiger partial charge on any atom is -0.465 e. The van der Waals surface area contributed by atoms with Crippen LogP contribution in [0.2, 0.25) is 0 Å². The number of likely N-dealkylation sites (tertiary alicyclic amines) is 2. The molecule has 18 nitrogen and oxygen atoms in total. The van der Waals surface area contributed by atoms with Crippen molar-refractivity contribution in [2.75, 3.05) is 76.5 Å². The van der Waals surface area contributed by atoms with Crippen LogP contribution < -0.4 is 9.80 Å². The number of nitrogens with zero attached hydrogens (tertiary/aromatic N) is 8. The Bertz CT molecular complexity index is 2840. The van der Waals surface area contributed by atoms with Crippen molar-refractivity contribution in [1.29, 1.82) is 0 Å². The molecule has 20 heteroatoms. The van der Waals surface area contributed by atoms with E-state index in [4.69, 9.17) is 19.4 Å². The zero-order chi connectivity index (χ0) is 53.9. The molecule has 6 saturated heterocycles. The van der Waals surface area contributed by atoms with Crippen molar-refractivity contribution in [3.63, 3.8) is 0 Å². The summed E-state index contributed by atoms with van der Waals surface area (Å²) in [5.41, 5.74) is 5.22. The van der Waals surface area contributed by atoms with Crippen molar-refractivity contribution in [2.45, 2.75) is 127 Å². The van der Waals surface area contributed by atoms with Crippen molar-refractivity contribution in [1.82, 2.24) is 39.5 Å². The molecule has 4 N–H and O–H groups in total. The highest BCUT2D eigenvalue weighted by Gasteiger charge is 2.45. The molecule has 6 aliphatic heterocycles. The van der Waals surface area contributed by atoms with Crippen LogP contribution in [0.1, 0.15) is 138 Å². The third-order valence-corrected chi connectivity index (χ3v) is 18.0. The Kier molecular flexibility index (Phi) is 14.6. The standard InChI is InChI=1S/C57H72F2N10O8/c1-57(2)19-23-66(24-20-57)50-38(58)31-37(32-39(50)59)69-44(35-9-11-40-42(29-35)62-51(60-40)46-7-5-21-67(46)53(70)48(64(3)55(72)73)33-15-25-76-26-16-33)13-14-45(69)36-10-12-41-43(30-36)63-52(61-41)47-8-6-22-68(47)54(71)49(65(4)56(74)75)34-17-27-77-28-18-34/h9-12,29-34,44-49H,5-8,13-28H2,1-4H3,(H,60,62)(H,61,63)(H,72,73)(H,74,75)/t44-,45-,46+,47+,48+,49+/m1/s1. The number of likely N-dealkylation sites (N-methyl/N-ethyl adjacent to an activating group) is 2. The summed E-state index contributed by atoms with van der Waals surface area (Å²) in [6.45, 7) is 8.34. The number of hydrogen-bond donors (Lipinski definition) is 4. The molecule has 4 amide bonds. The van der Waals surface area contributed by atoms with Crippen LogP contribution in [0.15, 0.2) is 48.5 Å². The van der Waals surface area contributed by atoms with E-state index >= 15 is 8.78 Å². The number of fused-ring (bicyclic) bond motifs is 2. The van der Waals surface area contributed by atoms with Crippen molar-refractivity contribution >= 4 is 57.4 Å². The van der Waals surface area contributed by atoms with Gasteiger partial charge < -0.3 is 49.3 Å². The summed E-state index contributed by atoms with van der Waals surface area (Å²) in [5, 5.41) is 20.1. The number of anilines is 2. The number of H-pyrrole nitrogens is 2. The van der Waals surface area contributed by atoms with Crippen LogP contribution in [-0.4, -0.2) is 153 Å². The Balaban J connectivity index is 0.906. The van der Waals surface area contributed by atoms with E-state index in [9.17, 15) is 29.4 Å². The Morgan fingerprint density at radius 1 is 0.623 bits per heavy atom. The number of hydrogen-bond acceptors (Lipinski definition) is 10. The van der Waals surface area contributed by atoms with Gasteiger partial charge in [0.1, 0.15) is 29.4 Å². The summed E-state index contributed by atoms with van der Waals surface area (Å²) in [6.07, 6.45) is 5.81. The van der Waals surface area contributed by atoms with Crippen LogP contribution in [0.25, 0.3) is 22.1 Å². The summed E-state index contributed by atoms with van der Waals surface area (Å²) in [4.78, 5) is 80.5. The van der Waals surface area contributed by atoms with E-state index in [0.717, 1.165) is 57.6 Å². The molecule has 6 aliphatic rings. The first kappa shape index (κ1) is 52.5. The molecule has 0 saturated carbocycles. The zero-order valence-electron chi connectivity index (χ0n) is 44.6. The van der Waals surface area contributed by atoms with E-state index in [2.05, 4.69) is 28.7 Å². The number of nitrogens with one attached hydrogen (secondary N) is 2. The van der Waals surface area contributed by atoms with Gasteiger partial charge in [-0.15, -0.1) is 0 Å². The zero-order valence-corrected chi connectivity index (χ0v) is 44.6. The number of benzene rings is 3. The van der Waals surface area contributed by atoms with E-state index in [1.165, 1.54) is 26.2 Å². The number of halogens is 2. The molecule has 2 aromatic heterocycles. The van der Waals surface area contributed by atoms with Gasteiger partial charge in [0.05, 0.1) is 46.2 Å². The van der Waals surface area contributed by atoms with Crippen molar-refractivity contribution in [2.24, 2.45) is 17.3 Å². The van der Waals surface area contributed by atoms with E-state index in [1.807, 2.05) is 41.3 Å². The number of ether oxygens (including phenoxy) is 2. The molecule has 5 aromatic rings. The number of imidazole rings is 2. The number of carbonyl (C=O) groups excluding carboxylic acids is 2. The summed E-state index contributed by atoms with van der Waals surface area (Å²) in [6, 6.07) is 11.9. The molecular formula is C57H72F2N10O8. The minimum absolute atomic E-state index is 0.00580. The average molecular weight is 1060 g/mol. The van der Waals surface area contributed by atoms with Crippen molar-refractivity contribution < 1.29 is 47.6 Å². The molecule has 0 radical (unpaired) electrons. The average Bonchev–Trinajstić information content (AvgIpc) is 4.38. The fourth-order valence-corrected chi connectivity index (χ4v) is 13.6. The maximum Gasteiger partial charge on any atom is 0.407 e. The van der Waals surface area contributed by atoms with Crippen LogP contribution in [0.3, 0.4) is 0 Å². The number of piperidine rings is 1. The van der Waals surface area contributed by atoms with Gasteiger partial charge in [-0.1, -0.05) is 26.0 Å². The quantitative estimate of drug-likeness (QED) is 0.0923. The Morgan fingerprint density at radius 2 is 1.05 bits per heavy atom. The highest BCUT2D eigenvalue weighted by molar-refractivity contribution is 5.87. The molecule has 6 atom stereocenters. The van der Waals surface area contributed by atoms with Gasteiger partial charge in [-0.2, -0.15) is 0 Å². The third-order valence-electron chi connectivity index (χ3n) is 18.0. The largest absolute Gasteiger partial charge is 0.465 e. The number of carbonyl (C=O) groups is 4. The molecule has 77 heavy (non-hydrogen) atoms. The van der Waals surface area contributed by atoms with Gasteiger partial charge in [-0.3, -0.25) is 19.4 Å². The smallest absolute Gasteiger partial charge is 0.407 e. The molecule has 412 valence electrons. The van der Waals surface area contributed by atoms with Crippen LogP contribution in [0, 0.1) is 28.9 Å². The molecule has 0 spiro atoms. The Labute approximate surface area is 447 Å². The summed E-state index contributed by atoms with van der Waals surface area (Å²) < 4.78 is 44.5. The second-order valence-electron chi connectivity index (χ2n) is 23.2. The fraction of sp³-hybridized carbons (Fsp3) is 0.579. The number of amides is 4. The first-order chi connectivity index (χ1) is 37.0. The van der Waals surface area contributed by atoms with Gasteiger partial charge in [0, 0.05) is 72.4 Å². The Morgan fingerprint density at radius 3 is 1.47 bits per heavy atom. The fourth-order valence-electron chi connectivity index (χ4n) is 13.6. The van der Waals surface area contributed by atoms with Crippen molar-refractivity contribution in [3.8, 4) is 0 Å². The summed E-state index contributed by atoms with van der Waals surface area (Å²) >= 11 is 0. The highest BCUT2D eigenvalue weighted by Crippen LogP contribution is 2.49. The lowest BCUT2D eigenvalue weighted by atomic mass is 9.82. The van der Waals surface area contributed by atoms with E-state index in [-0.39, 0.29) is 58.9 Å². The molecule has 11 rings (SSSR count). The van der Waals surface area contributed by atoms with Gasteiger partial charge in [-0.25, -0.2) is 28.3 Å². The molecule has 0 aliphatic carbocycles. The number of carboxylic acid groups (broad SMARTS) is 2. The SMILES string of the molecule is CN(C(=O)O)[C@H](C(=O)N1CCC[C@H]1c1nc2cc([C@H]3CC[C@H](c4ccc5[nH]c([C@@H]6CCCN6C(=O)[C@H](C6CCOCC6)N(C)C(=O)O)nc5c4)N3c3cc(F)c(N4CCC(C)(C)CC4)c(F)c3)ccc2[nH]1)C1CCOCC1. The predicted molar refractivity (Wildman–Crippen MR) is 285 cm³/mol. The maximum absolute atomic E-state index is 16.7. The van der Waals surface area contributed by atoms with E-state index in [0.29, 0.717) is 132 Å². The second-order valence-corrected chi connectivity index (χ2v) is 23.2. The molecular weight excluding hydrogens is 991 g/mol. The van der Waals surface area contributed by atoms with Gasteiger partial charge >= 0.3 is 12.2 Å². The molecule has 8 heterocycles. The van der Waals surface area contributed by atoms with Crippen molar-refractivity contribution in [3.05, 3.63) is 82.9 Å². The minimum atomic E-state index is -1.15. The lowest BCUT2D eigenvalue weighted by molar-refractivity contribution is -0.141. The lowest BCUT2D eigenvalue weighted by Gasteiger charge is -2.39. The summed E-state index contributed by atoms with van der Waals surface area (Å²) in [7, 11) is 2.93. The van der Waals surface area contributed by atoms with Gasteiger partial charge in [0.2, 0.25) is 11.8 Å². The number of aromatic amines is 2. The molecule has 6 fully saturated rings. The van der Waals surface area contributed by atoms with Crippen LogP contribution in [0.4, 0.5) is 29.7 Å². The van der Waals surface area contributed by atoms with Gasteiger partial charge in [0.25, 0.3) is 0 Å². The Hall–Kier alpha value is -6.54. The van der Waals surface area contributed by atoms with Crippen LogP contribution in [0.5, 0.6) is 0 Å². The summed E-state index contributed by atoms with van der Waals surface area (Å²) in [5.74, 6) is -0.773. The van der Waals surface area contributed by atoms with E-state index in [1.54, 1.807) is 9.80 Å². The highest BCUT2D eigenvalue weighted by atomic mass is 19.1. The second kappa shape index (κ2) is 21.4. The number of aromatic nitrogens is 4. The molecule has 0 bridgehead atoms. The lowest BCUT2D eigenvalue weighted by Crippen LogP contribution is -2.53. The maximum atomic E-state index is 16.7. The van der Waals surface area contributed by atoms with Gasteiger partial charge in [0.15, 0.2) is 11.6 Å². The van der Waals surface area contributed by atoms with Gasteiger partial charge in [-0.05, 0) is 142 Å². The van der Waals surface area contributed by atoms with Crippen LogP contribution >= 0.6 is 0 Å². The topological polar surface area (TPSA) is 204 Å². The molecule has 3 aromatic carbocycles. The van der Waals surface area contributed by atoms with E-state index < -0.39 is 35.9 Å². The normalized spacial score (nSPS) is 24.2. The number of rotatable bonds is 12. The first-order valence-corrected chi connectivity index (χ1v) is 27.7. The first-order valence-electron chi connectivity index (χ1n) is 27.7. The monoisotopic (exact) mass is 1060 g/mol. The predicted octanol–water partition coefficient (Wildman–Crippen LogP) is 9.56. The third kappa shape index (κ3) is 10.2. The van der Waals surface area contributed by atoms with Crippen LogP contribution in [-0.2, 0) is 19.1 Å².